The quantitative estimate of drug-likeness (QED) is 0.284. The Hall–Kier alpha value is -2.84. The molecule has 1 aliphatic rings. The molecule has 0 N–H and O–H groups in total. The molecule has 2 heterocycles. The molecule has 9 heteroatoms. The van der Waals surface area contributed by atoms with Gasteiger partial charge in [-0.25, -0.2) is 4.39 Å². The minimum Gasteiger partial charge on any atom is -0.484 e. The first-order valence-corrected chi connectivity index (χ1v) is 11.6. The van der Waals surface area contributed by atoms with Crippen LogP contribution < -0.4 is 4.74 Å². The highest BCUT2D eigenvalue weighted by Gasteiger charge is 2.30. The van der Waals surface area contributed by atoms with E-state index in [9.17, 15) is 4.39 Å². The lowest BCUT2D eigenvalue weighted by atomic mass is 10.1. The fourth-order valence-corrected chi connectivity index (χ4v) is 4.63. The summed E-state index contributed by atoms with van der Waals surface area (Å²) in [6.45, 7) is 2.26. The standard InChI is InChI=1S/C23H20ClFN4O2S/c1-14-19(28-31-22(14)15-6-8-16(25)9-7-15)13-32-23-27-26-21(29(23)17-10-11-17)12-30-20-5-3-2-4-18(20)24/h2-9,17H,10-13H2,1H3. The number of nitrogens with zero attached hydrogens (tertiary/aromatic N) is 4. The molecule has 0 atom stereocenters. The molecule has 1 saturated carbocycles. The lowest BCUT2D eigenvalue weighted by Gasteiger charge is -2.10. The number of para-hydroxylation sites is 1. The molecule has 0 spiro atoms. The molecule has 6 nitrogen and oxygen atoms in total. The van der Waals surface area contributed by atoms with Crippen molar-refractivity contribution in [2.45, 2.75) is 43.3 Å². The fourth-order valence-electron chi connectivity index (χ4n) is 3.41. The van der Waals surface area contributed by atoms with Crippen molar-refractivity contribution in [1.29, 1.82) is 0 Å². The van der Waals surface area contributed by atoms with Crippen molar-refractivity contribution in [3.8, 4) is 17.1 Å². The van der Waals surface area contributed by atoms with Crippen LogP contribution in [0.25, 0.3) is 11.3 Å². The van der Waals surface area contributed by atoms with Crippen molar-refractivity contribution < 1.29 is 13.7 Å². The fraction of sp³-hybridized carbons (Fsp3) is 0.261. The van der Waals surface area contributed by atoms with Gasteiger partial charge in [0, 0.05) is 22.9 Å². The maximum Gasteiger partial charge on any atom is 0.191 e. The van der Waals surface area contributed by atoms with Gasteiger partial charge >= 0.3 is 0 Å². The number of ether oxygens (including phenoxy) is 1. The van der Waals surface area contributed by atoms with Crippen LogP contribution in [0.15, 0.2) is 58.2 Å². The van der Waals surface area contributed by atoms with E-state index in [-0.39, 0.29) is 5.82 Å². The second-order valence-corrected chi connectivity index (χ2v) is 8.95. The number of hydrogen-bond donors (Lipinski definition) is 0. The lowest BCUT2D eigenvalue weighted by molar-refractivity contribution is 0.288. The molecule has 0 saturated heterocycles. The van der Waals surface area contributed by atoms with Crippen molar-refractivity contribution in [1.82, 2.24) is 19.9 Å². The van der Waals surface area contributed by atoms with Crippen LogP contribution in [0.1, 0.15) is 36.0 Å². The van der Waals surface area contributed by atoms with Crippen LogP contribution >= 0.6 is 23.4 Å². The van der Waals surface area contributed by atoms with Crippen molar-refractivity contribution in [3.63, 3.8) is 0 Å². The van der Waals surface area contributed by atoms with E-state index < -0.39 is 0 Å². The summed E-state index contributed by atoms with van der Waals surface area (Å²) in [5.74, 6) is 2.36. The van der Waals surface area contributed by atoms with Gasteiger partial charge in [0.2, 0.25) is 0 Å². The Morgan fingerprint density at radius 3 is 2.69 bits per heavy atom. The van der Waals surface area contributed by atoms with E-state index >= 15 is 0 Å². The molecular formula is C23H20ClFN4O2S. The Morgan fingerprint density at radius 2 is 1.94 bits per heavy atom. The highest BCUT2D eigenvalue weighted by Crippen LogP contribution is 2.40. The van der Waals surface area contributed by atoms with Gasteiger partial charge in [0.15, 0.2) is 16.7 Å². The van der Waals surface area contributed by atoms with Crippen LogP contribution in [0.2, 0.25) is 5.02 Å². The topological polar surface area (TPSA) is 66.0 Å². The summed E-state index contributed by atoms with van der Waals surface area (Å²) in [7, 11) is 0. The van der Waals surface area contributed by atoms with Gasteiger partial charge in [-0.1, -0.05) is 40.7 Å². The van der Waals surface area contributed by atoms with E-state index in [2.05, 4.69) is 19.9 Å². The molecule has 0 amide bonds. The SMILES string of the molecule is Cc1c(CSc2nnc(COc3ccccc3Cl)n2C2CC2)noc1-c1ccc(F)cc1. The Kier molecular flexibility index (Phi) is 5.89. The van der Waals surface area contributed by atoms with Gasteiger partial charge in [0.05, 0.1) is 10.7 Å². The molecule has 2 aromatic carbocycles. The van der Waals surface area contributed by atoms with E-state index in [1.165, 1.54) is 12.1 Å². The number of halogens is 2. The molecule has 164 valence electrons. The van der Waals surface area contributed by atoms with E-state index in [1.54, 1.807) is 30.0 Å². The Labute approximate surface area is 193 Å². The number of rotatable bonds is 8. The van der Waals surface area contributed by atoms with Gasteiger partial charge in [-0.3, -0.25) is 4.57 Å². The molecule has 0 bridgehead atoms. The van der Waals surface area contributed by atoms with Gasteiger partial charge in [-0.15, -0.1) is 10.2 Å². The molecule has 5 rings (SSSR count). The van der Waals surface area contributed by atoms with Crippen LogP contribution in [-0.2, 0) is 12.4 Å². The molecular weight excluding hydrogens is 451 g/mol. The van der Waals surface area contributed by atoms with Gasteiger partial charge in [-0.2, -0.15) is 0 Å². The minimum atomic E-state index is -0.282. The first kappa shape index (κ1) is 21.0. The number of benzene rings is 2. The highest BCUT2D eigenvalue weighted by atomic mass is 35.5. The number of thioether (sulfide) groups is 1. The zero-order valence-electron chi connectivity index (χ0n) is 17.3. The Bertz CT molecular complexity index is 1240. The van der Waals surface area contributed by atoms with Gasteiger partial charge in [0.1, 0.15) is 18.2 Å². The number of hydrogen-bond acceptors (Lipinski definition) is 6. The molecule has 2 aromatic heterocycles. The predicted octanol–water partition coefficient (Wildman–Crippen LogP) is 6.24. The highest BCUT2D eigenvalue weighted by molar-refractivity contribution is 7.98. The predicted molar refractivity (Wildman–Crippen MR) is 120 cm³/mol. The van der Waals surface area contributed by atoms with Crippen LogP contribution in [0, 0.1) is 12.7 Å². The van der Waals surface area contributed by atoms with Gasteiger partial charge in [0.25, 0.3) is 0 Å². The average molecular weight is 471 g/mol. The van der Waals surface area contributed by atoms with E-state index in [0.717, 1.165) is 40.6 Å². The zero-order valence-corrected chi connectivity index (χ0v) is 18.9. The lowest BCUT2D eigenvalue weighted by Crippen LogP contribution is -2.07. The second-order valence-electron chi connectivity index (χ2n) is 7.60. The minimum absolute atomic E-state index is 0.282. The normalized spacial score (nSPS) is 13.5. The first-order chi connectivity index (χ1) is 15.6. The Balaban J connectivity index is 1.30. The monoisotopic (exact) mass is 470 g/mol. The van der Waals surface area contributed by atoms with Gasteiger partial charge < -0.3 is 9.26 Å². The summed E-state index contributed by atoms with van der Waals surface area (Å²) in [5.41, 5.74) is 2.56. The van der Waals surface area contributed by atoms with Crippen molar-refractivity contribution in [3.05, 3.63) is 76.5 Å². The third-order valence-corrected chi connectivity index (χ3v) is 6.57. The van der Waals surface area contributed by atoms with Crippen LogP contribution in [0.4, 0.5) is 4.39 Å². The van der Waals surface area contributed by atoms with Crippen molar-refractivity contribution >= 4 is 23.4 Å². The maximum atomic E-state index is 13.2. The van der Waals surface area contributed by atoms with Crippen LogP contribution in [0.5, 0.6) is 5.75 Å². The van der Waals surface area contributed by atoms with Crippen LogP contribution in [0.3, 0.4) is 0 Å². The van der Waals surface area contributed by atoms with Crippen molar-refractivity contribution in [2.24, 2.45) is 0 Å². The van der Waals surface area contributed by atoms with E-state index in [4.69, 9.17) is 20.9 Å². The summed E-state index contributed by atoms with van der Waals surface area (Å²) in [4.78, 5) is 0. The van der Waals surface area contributed by atoms with Crippen molar-refractivity contribution in [2.75, 3.05) is 0 Å². The maximum absolute atomic E-state index is 13.2. The zero-order chi connectivity index (χ0) is 22.1. The first-order valence-electron chi connectivity index (χ1n) is 10.2. The molecule has 32 heavy (non-hydrogen) atoms. The molecule has 1 fully saturated rings. The smallest absolute Gasteiger partial charge is 0.191 e. The molecule has 0 radical (unpaired) electrons. The van der Waals surface area contributed by atoms with Gasteiger partial charge in [-0.05, 0) is 56.2 Å². The summed E-state index contributed by atoms with van der Waals surface area (Å²) in [6.07, 6.45) is 2.20. The number of aromatic nitrogens is 4. The molecule has 1 aliphatic carbocycles. The molecule has 0 aliphatic heterocycles. The summed E-state index contributed by atoms with van der Waals surface area (Å²) in [6, 6.07) is 14.0. The second kappa shape index (κ2) is 8.96. The van der Waals surface area contributed by atoms with E-state index in [1.807, 2.05) is 25.1 Å². The Morgan fingerprint density at radius 1 is 1.16 bits per heavy atom. The summed E-state index contributed by atoms with van der Waals surface area (Å²) < 4.78 is 26.8. The third-order valence-electron chi connectivity index (χ3n) is 5.31. The molecule has 4 aromatic rings. The summed E-state index contributed by atoms with van der Waals surface area (Å²) in [5, 5.41) is 14.4. The average Bonchev–Trinajstić information content (AvgIpc) is 3.46. The largest absolute Gasteiger partial charge is 0.484 e. The van der Waals surface area contributed by atoms with E-state index in [0.29, 0.717) is 34.9 Å². The van der Waals surface area contributed by atoms with Crippen LogP contribution in [-0.4, -0.2) is 19.9 Å². The summed E-state index contributed by atoms with van der Waals surface area (Å²) >= 11 is 7.75. The molecule has 0 unspecified atom stereocenters. The third kappa shape index (κ3) is 4.38.